The number of nitrogens with one attached hydrogen (secondary N) is 1. The van der Waals surface area contributed by atoms with Gasteiger partial charge in [0, 0.05) is 26.2 Å². The van der Waals surface area contributed by atoms with Crippen molar-refractivity contribution in [1.29, 1.82) is 5.26 Å². The Morgan fingerprint density at radius 3 is 2.56 bits per heavy atom. The van der Waals surface area contributed by atoms with Gasteiger partial charge in [-0.05, 0) is 30.2 Å². The fraction of sp³-hybridized carbons (Fsp3) is 0.450. The van der Waals surface area contributed by atoms with Gasteiger partial charge in [-0.2, -0.15) is 5.26 Å². The van der Waals surface area contributed by atoms with Crippen LogP contribution in [-0.2, 0) is 4.79 Å². The molecule has 0 bridgehead atoms. The van der Waals surface area contributed by atoms with Crippen molar-refractivity contribution in [3.63, 3.8) is 0 Å². The standard InChI is InChI=1S/C20H27N3O2/c1-4-5-6-7-8-12-22-19(24)18(15-21)14-16-10-9-11-17(13-16)20(25)23(2)3/h9-11,13-14H,4-8,12H2,1-3H3,(H,22,24)/b18-14+. The maximum absolute atomic E-state index is 12.1. The van der Waals surface area contributed by atoms with Gasteiger partial charge in [0.15, 0.2) is 0 Å². The van der Waals surface area contributed by atoms with E-state index in [-0.39, 0.29) is 17.4 Å². The summed E-state index contributed by atoms with van der Waals surface area (Å²) in [4.78, 5) is 25.6. The second-order valence-corrected chi connectivity index (χ2v) is 6.16. The number of carbonyl (C=O) groups excluding carboxylic acids is 2. The molecule has 134 valence electrons. The van der Waals surface area contributed by atoms with Crippen molar-refractivity contribution in [2.45, 2.75) is 39.0 Å². The Morgan fingerprint density at radius 2 is 1.92 bits per heavy atom. The van der Waals surface area contributed by atoms with E-state index in [4.69, 9.17) is 0 Å². The van der Waals surface area contributed by atoms with Crippen LogP contribution < -0.4 is 5.32 Å². The van der Waals surface area contributed by atoms with Crippen LogP contribution in [0.5, 0.6) is 0 Å². The smallest absolute Gasteiger partial charge is 0.261 e. The van der Waals surface area contributed by atoms with Crippen molar-refractivity contribution in [1.82, 2.24) is 10.2 Å². The van der Waals surface area contributed by atoms with E-state index in [2.05, 4.69) is 12.2 Å². The van der Waals surface area contributed by atoms with Crippen LogP contribution in [0.2, 0.25) is 0 Å². The highest BCUT2D eigenvalue weighted by Gasteiger charge is 2.10. The molecule has 5 nitrogen and oxygen atoms in total. The quantitative estimate of drug-likeness (QED) is 0.425. The maximum atomic E-state index is 12.1. The normalized spacial score (nSPS) is 10.9. The fourth-order valence-corrected chi connectivity index (χ4v) is 2.36. The topological polar surface area (TPSA) is 73.2 Å². The first kappa shape index (κ1) is 20.4. The molecule has 0 aromatic heterocycles. The molecule has 1 rings (SSSR count). The lowest BCUT2D eigenvalue weighted by molar-refractivity contribution is -0.117. The Morgan fingerprint density at radius 1 is 1.20 bits per heavy atom. The summed E-state index contributed by atoms with van der Waals surface area (Å²) in [5.41, 5.74) is 1.22. The zero-order valence-electron chi connectivity index (χ0n) is 15.3. The number of hydrogen-bond donors (Lipinski definition) is 1. The summed E-state index contributed by atoms with van der Waals surface area (Å²) in [5, 5.41) is 12.0. The van der Waals surface area contributed by atoms with Crippen LogP contribution in [0.4, 0.5) is 0 Å². The molecule has 0 spiro atoms. The van der Waals surface area contributed by atoms with Gasteiger partial charge in [-0.3, -0.25) is 9.59 Å². The van der Waals surface area contributed by atoms with Gasteiger partial charge in [0.25, 0.3) is 11.8 Å². The molecule has 5 heteroatoms. The molecule has 2 amide bonds. The Kier molecular flexibility index (Phi) is 9.02. The SMILES string of the molecule is CCCCCCCNC(=O)/C(C#N)=C/c1cccc(C(=O)N(C)C)c1. The van der Waals surface area contributed by atoms with Crippen molar-refractivity contribution in [3.05, 3.63) is 41.0 Å². The van der Waals surface area contributed by atoms with E-state index in [0.717, 1.165) is 12.8 Å². The van der Waals surface area contributed by atoms with Crippen LogP contribution in [0.1, 0.15) is 54.9 Å². The van der Waals surface area contributed by atoms with Gasteiger partial charge in [-0.25, -0.2) is 0 Å². The summed E-state index contributed by atoms with van der Waals surface area (Å²) in [5.74, 6) is -0.493. The van der Waals surface area contributed by atoms with Crippen LogP contribution in [0.3, 0.4) is 0 Å². The van der Waals surface area contributed by atoms with Crippen molar-refractivity contribution < 1.29 is 9.59 Å². The Labute approximate surface area is 150 Å². The number of hydrogen-bond acceptors (Lipinski definition) is 3. The van der Waals surface area contributed by atoms with E-state index in [0.29, 0.717) is 17.7 Å². The molecule has 25 heavy (non-hydrogen) atoms. The van der Waals surface area contributed by atoms with Gasteiger partial charge in [-0.1, -0.05) is 44.7 Å². The predicted molar refractivity (Wildman–Crippen MR) is 99.8 cm³/mol. The van der Waals surface area contributed by atoms with Gasteiger partial charge >= 0.3 is 0 Å². The molecular weight excluding hydrogens is 314 g/mol. The first-order valence-corrected chi connectivity index (χ1v) is 8.71. The molecule has 0 atom stereocenters. The average Bonchev–Trinajstić information content (AvgIpc) is 2.61. The van der Waals surface area contributed by atoms with Crippen molar-refractivity contribution in [2.24, 2.45) is 0 Å². The third-order valence-corrected chi connectivity index (χ3v) is 3.78. The lowest BCUT2D eigenvalue weighted by Crippen LogP contribution is -2.25. The highest BCUT2D eigenvalue weighted by molar-refractivity contribution is 6.02. The van der Waals surface area contributed by atoms with Crippen molar-refractivity contribution in [3.8, 4) is 6.07 Å². The van der Waals surface area contributed by atoms with E-state index in [1.807, 2.05) is 6.07 Å². The first-order valence-electron chi connectivity index (χ1n) is 8.71. The molecule has 0 aliphatic rings. The zero-order valence-corrected chi connectivity index (χ0v) is 15.3. The molecule has 0 saturated carbocycles. The Balaban J connectivity index is 2.69. The summed E-state index contributed by atoms with van der Waals surface area (Å²) in [7, 11) is 3.36. The van der Waals surface area contributed by atoms with Crippen molar-refractivity contribution in [2.75, 3.05) is 20.6 Å². The summed E-state index contributed by atoms with van der Waals surface area (Å²) in [6, 6.07) is 8.83. The molecule has 0 radical (unpaired) electrons. The number of nitrogens with zero attached hydrogens (tertiary/aromatic N) is 2. The van der Waals surface area contributed by atoms with Crippen LogP contribution in [0.25, 0.3) is 6.08 Å². The summed E-state index contributed by atoms with van der Waals surface area (Å²) < 4.78 is 0. The van der Waals surface area contributed by atoms with Gasteiger partial charge in [0.1, 0.15) is 11.6 Å². The van der Waals surface area contributed by atoms with Crippen LogP contribution >= 0.6 is 0 Å². The van der Waals surface area contributed by atoms with E-state index < -0.39 is 0 Å². The average molecular weight is 341 g/mol. The molecule has 1 aromatic carbocycles. The lowest BCUT2D eigenvalue weighted by atomic mass is 10.1. The molecule has 1 N–H and O–H groups in total. The second-order valence-electron chi connectivity index (χ2n) is 6.16. The van der Waals surface area contributed by atoms with E-state index in [1.165, 1.54) is 30.2 Å². The number of carbonyl (C=O) groups is 2. The summed E-state index contributed by atoms with van der Waals surface area (Å²) in [6.45, 7) is 2.73. The molecule has 0 saturated heterocycles. The van der Waals surface area contributed by atoms with Crippen LogP contribution in [-0.4, -0.2) is 37.4 Å². The molecule has 0 aliphatic carbocycles. The maximum Gasteiger partial charge on any atom is 0.261 e. The summed E-state index contributed by atoms with van der Waals surface area (Å²) >= 11 is 0. The molecule has 0 heterocycles. The van der Waals surface area contributed by atoms with E-state index >= 15 is 0 Å². The lowest BCUT2D eigenvalue weighted by Gasteiger charge is -2.10. The highest BCUT2D eigenvalue weighted by Crippen LogP contribution is 2.11. The molecule has 1 aromatic rings. The minimum absolute atomic E-state index is 0.0445. The Hall–Kier alpha value is -2.61. The van der Waals surface area contributed by atoms with E-state index in [9.17, 15) is 14.9 Å². The third-order valence-electron chi connectivity index (χ3n) is 3.78. The van der Waals surface area contributed by atoms with Gasteiger partial charge < -0.3 is 10.2 Å². The predicted octanol–water partition coefficient (Wildman–Crippen LogP) is 3.38. The van der Waals surface area contributed by atoms with Gasteiger partial charge in [-0.15, -0.1) is 0 Å². The highest BCUT2D eigenvalue weighted by atomic mass is 16.2. The van der Waals surface area contributed by atoms with Crippen LogP contribution in [0.15, 0.2) is 29.8 Å². The Bertz CT molecular complexity index is 657. The number of benzene rings is 1. The number of amides is 2. The second kappa shape index (κ2) is 11.0. The molecule has 0 unspecified atom stereocenters. The fourth-order valence-electron chi connectivity index (χ4n) is 2.36. The van der Waals surface area contributed by atoms with Gasteiger partial charge in [0.2, 0.25) is 0 Å². The van der Waals surface area contributed by atoms with Crippen LogP contribution in [0, 0.1) is 11.3 Å². The first-order chi connectivity index (χ1) is 12.0. The molecule has 0 fully saturated rings. The molecule has 0 aliphatic heterocycles. The summed E-state index contributed by atoms with van der Waals surface area (Å²) in [6.07, 6.45) is 7.06. The number of unbranched alkanes of at least 4 members (excludes halogenated alkanes) is 4. The van der Waals surface area contributed by atoms with Gasteiger partial charge in [0.05, 0.1) is 0 Å². The minimum Gasteiger partial charge on any atom is -0.351 e. The largest absolute Gasteiger partial charge is 0.351 e. The van der Waals surface area contributed by atoms with Crippen molar-refractivity contribution >= 4 is 17.9 Å². The third kappa shape index (κ3) is 7.21. The zero-order chi connectivity index (χ0) is 18.7. The monoisotopic (exact) mass is 341 g/mol. The molecular formula is C20H27N3O2. The number of nitriles is 1. The number of rotatable bonds is 9. The minimum atomic E-state index is -0.373. The van der Waals surface area contributed by atoms with E-state index in [1.54, 1.807) is 38.4 Å².